The third-order valence-electron chi connectivity index (χ3n) is 4.21. The zero-order valence-corrected chi connectivity index (χ0v) is 16.4. The van der Waals surface area contributed by atoms with Crippen LogP contribution in [0.3, 0.4) is 0 Å². The monoisotopic (exact) mass is 393 g/mol. The first-order valence-corrected chi connectivity index (χ1v) is 8.98. The first kappa shape index (κ1) is 18.0. The minimum Gasteiger partial charge on any atom is -0.328 e. The van der Waals surface area contributed by atoms with E-state index in [1.54, 1.807) is 11.0 Å². The van der Waals surface area contributed by atoms with Crippen molar-refractivity contribution in [2.24, 2.45) is 0 Å². The summed E-state index contributed by atoms with van der Waals surface area (Å²) in [6, 6.07) is 7.54. The van der Waals surface area contributed by atoms with Gasteiger partial charge in [-0.3, -0.25) is 9.69 Å². The fraction of sp³-hybridized carbons (Fsp3) is 0.222. The standard InChI is InChI=1S/C18H17Cl2N3OS/c1-4-22-17(24)16(21-18(22)25)8-12-7-10(2)23(11(12)3)13-5-6-14(19)15(20)9-13/h5-9H,4H2,1-3H3,(H,21,25)/b16-8-. The van der Waals surface area contributed by atoms with Gasteiger partial charge >= 0.3 is 0 Å². The summed E-state index contributed by atoms with van der Waals surface area (Å²) in [5.41, 5.74) is 4.38. The number of rotatable bonds is 3. The smallest absolute Gasteiger partial charge is 0.276 e. The Balaban J connectivity index is 2.03. The van der Waals surface area contributed by atoms with E-state index in [2.05, 4.69) is 9.88 Å². The number of amides is 1. The molecule has 1 aromatic carbocycles. The Hall–Kier alpha value is -1.82. The molecule has 130 valence electrons. The molecule has 0 unspecified atom stereocenters. The van der Waals surface area contributed by atoms with Crippen LogP contribution in [0.5, 0.6) is 0 Å². The molecule has 7 heteroatoms. The van der Waals surface area contributed by atoms with Crippen molar-refractivity contribution in [1.82, 2.24) is 14.8 Å². The first-order chi connectivity index (χ1) is 11.8. The number of aryl methyl sites for hydroxylation is 1. The lowest BCUT2D eigenvalue weighted by Crippen LogP contribution is -2.30. The molecule has 1 aliphatic heterocycles. The molecule has 0 aliphatic carbocycles. The lowest BCUT2D eigenvalue weighted by molar-refractivity contribution is -0.122. The molecule has 1 aliphatic rings. The van der Waals surface area contributed by atoms with Crippen molar-refractivity contribution >= 4 is 52.5 Å². The van der Waals surface area contributed by atoms with Crippen LogP contribution in [0.25, 0.3) is 11.8 Å². The van der Waals surface area contributed by atoms with Gasteiger partial charge in [-0.05, 0) is 68.9 Å². The molecule has 1 fully saturated rings. The average Bonchev–Trinajstić information content (AvgIpc) is 2.99. The van der Waals surface area contributed by atoms with Crippen molar-refractivity contribution in [3.05, 3.63) is 57.0 Å². The van der Waals surface area contributed by atoms with Gasteiger partial charge in [0.25, 0.3) is 5.91 Å². The molecule has 25 heavy (non-hydrogen) atoms. The van der Waals surface area contributed by atoms with Crippen LogP contribution >= 0.6 is 35.4 Å². The summed E-state index contributed by atoms with van der Waals surface area (Å²) in [6.45, 7) is 6.44. The lowest BCUT2D eigenvalue weighted by Gasteiger charge is -2.10. The molecule has 2 aromatic rings. The van der Waals surface area contributed by atoms with Crippen LogP contribution in [0.2, 0.25) is 10.0 Å². The fourth-order valence-corrected chi connectivity index (χ4v) is 3.58. The number of nitrogens with one attached hydrogen (secondary N) is 1. The normalized spacial score (nSPS) is 16.0. The first-order valence-electron chi connectivity index (χ1n) is 7.82. The lowest BCUT2D eigenvalue weighted by atomic mass is 10.2. The maximum atomic E-state index is 12.4. The zero-order chi connectivity index (χ0) is 18.3. The third kappa shape index (κ3) is 3.19. The molecule has 0 spiro atoms. The van der Waals surface area contributed by atoms with Gasteiger partial charge < -0.3 is 9.88 Å². The Morgan fingerprint density at radius 3 is 2.52 bits per heavy atom. The SMILES string of the molecule is CCN1C(=O)/C(=C/c2cc(C)n(-c3ccc(Cl)c(Cl)c3)c2C)NC1=S. The van der Waals surface area contributed by atoms with Gasteiger partial charge in [0.1, 0.15) is 5.70 Å². The molecular formula is C18H17Cl2N3OS. The molecule has 0 atom stereocenters. The number of hydrogen-bond acceptors (Lipinski definition) is 2. The topological polar surface area (TPSA) is 37.3 Å². The summed E-state index contributed by atoms with van der Waals surface area (Å²) >= 11 is 17.4. The average molecular weight is 394 g/mol. The maximum Gasteiger partial charge on any atom is 0.276 e. The third-order valence-corrected chi connectivity index (χ3v) is 5.27. The Bertz CT molecular complexity index is 917. The molecule has 1 N–H and O–H groups in total. The van der Waals surface area contributed by atoms with E-state index in [1.165, 1.54) is 0 Å². The Morgan fingerprint density at radius 2 is 1.92 bits per heavy atom. The molecule has 2 heterocycles. The van der Waals surface area contributed by atoms with Crippen LogP contribution in [-0.4, -0.2) is 27.0 Å². The van der Waals surface area contributed by atoms with Crippen LogP contribution < -0.4 is 5.32 Å². The van der Waals surface area contributed by atoms with E-state index in [0.717, 1.165) is 22.6 Å². The quantitative estimate of drug-likeness (QED) is 0.616. The molecule has 1 aromatic heterocycles. The summed E-state index contributed by atoms with van der Waals surface area (Å²) in [5.74, 6) is -0.105. The minimum atomic E-state index is -0.105. The number of benzene rings is 1. The molecule has 1 saturated heterocycles. The number of carbonyl (C=O) groups excluding carboxylic acids is 1. The second kappa shape index (κ2) is 6.83. The number of carbonyl (C=O) groups is 1. The highest BCUT2D eigenvalue weighted by molar-refractivity contribution is 7.80. The number of nitrogens with zero attached hydrogens (tertiary/aromatic N) is 2. The largest absolute Gasteiger partial charge is 0.328 e. The second-order valence-corrected chi connectivity index (χ2v) is 7.00. The van der Waals surface area contributed by atoms with Crippen molar-refractivity contribution < 1.29 is 4.79 Å². The predicted octanol–water partition coefficient (Wildman–Crippen LogP) is 4.48. The van der Waals surface area contributed by atoms with E-state index in [-0.39, 0.29) is 5.91 Å². The Labute approximate surface area is 162 Å². The van der Waals surface area contributed by atoms with Crippen LogP contribution in [0, 0.1) is 13.8 Å². The van der Waals surface area contributed by atoms with Gasteiger partial charge in [0.2, 0.25) is 0 Å². The number of hydrogen-bond donors (Lipinski definition) is 1. The maximum absolute atomic E-state index is 12.4. The minimum absolute atomic E-state index is 0.105. The van der Waals surface area contributed by atoms with E-state index >= 15 is 0 Å². The highest BCUT2D eigenvalue weighted by Gasteiger charge is 2.29. The predicted molar refractivity (Wildman–Crippen MR) is 106 cm³/mol. The van der Waals surface area contributed by atoms with Crippen molar-refractivity contribution in [1.29, 1.82) is 0 Å². The number of thiocarbonyl (C=S) groups is 1. The van der Waals surface area contributed by atoms with Crippen LogP contribution in [0.15, 0.2) is 30.0 Å². The Morgan fingerprint density at radius 1 is 1.20 bits per heavy atom. The summed E-state index contributed by atoms with van der Waals surface area (Å²) in [6.07, 6.45) is 1.83. The van der Waals surface area contributed by atoms with Gasteiger partial charge in [-0.25, -0.2) is 0 Å². The summed E-state index contributed by atoms with van der Waals surface area (Å²) in [7, 11) is 0. The summed E-state index contributed by atoms with van der Waals surface area (Å²) in [4.78, 5) is 13.9. The molecule has 0 bridgehead atoms. The zero-order valence-electron chi connectivity index (χ0n) is 14.1. The summed E-state index contributed by atoms with van der Waals surface area (Å²) in [5, 5.41) is 4.45. The van der Waals surface area contributed by atoms with E-state index in [4.69, 9.17) is 35.4 Å². The van der Waals surface area contributed by atoms with Crippen molar-refractivity contribution in [2.45, 2.75) is 20.8 Å². The second-order valence-electron chi connectivity index (χ2n) is 5.80. The van der Waals surface area contributed by atoms with E-state index in [9.17, 15) is 4.79 Å². The fourth-order valence-electron chi connectivity index (χ4n) is 2.97. The highest BCUT2D eigenvalue weighted by atomic mass is 35.5. The highest BCUT2D eigenvalue weighted by Crippen LogP contribution is 2.28. The molecular weight excluding hydrogens is 377 g/mol. The number of aromatic nitrogens is 1. The molecule has 0 radical (unpaired) electrons. The van der Waals surface area contributed by atoms with Gasteiger partial charge in [-0.2, -0.15) is 0 Å². The molecule has 4 nitrogen and oxygen atoms in total. The Kier molecular flexibility index (Phi) is 4.91. The van der Waals surface area contributed by atoms with Gasteiger partial charge in [-0.1, -0.05) is 23.2 Å². The molecule has 0 saturated carbocycles. The van der Waals surface area contributed by atoms with Crippen LogP contribution in [-0.2, 0) is 4.79 Å². The van der Waals surface area contributed by atoms with Gasteiger partial charge in [-0.15, -0.1) is 0 Å². The van der Waals surface area contributed by atoms with E-state index < -0.39 is 0 Å². The number of halogens is 2. The van der Waals surface area contributed by atoms with Crippen molar-refractivity contribution in [3.63, 3.8) is 0 Å². The summed E-state index contributed by atoms with van der Waals surface area (Å²) < 4.78 is 2.07. The molecule has 3 rings (SSSR count). The van der Waals surface area contributed by atoms with Gasteiger partial charge in [0.05, 0.1) is 10.0 Å². The van der Waals surface area contributed by atoms with Crippen LogP contribution in [0.1, 0.15) is 23.9 Å². The number of likely N-dealkylation sites (N-methyl/N-ethyl adjacent to an activating group) is 1. The van der Waals surface area contributed by atoms with E-state index in [0.29, 0.717) is 27.4 Å². The van der Waals surface area contributed by atoms with E-state index in [1.807, 2.05) is 45.0 Å². The van der Waals surface area contributed by atoms with Crippen LogP contribution in [0.4, 0.5) is 0 Å². The van der Waals surface area contributed by atoms with Crippen molar-refractivity contribution in [3.8, 4) is 5.69 Å². The van der Waals surface area contributed by atoms with Crippen molar-refractivity contribution in [2.75, 3.05) is 6.54 Å². The molecule has 1 amide bonds. The van der Waals surface area contributed by atoms with Gasteiger partial charge in [0.15, 0.2) is 5.11 Å². The van der Waals surface area contributed by atoms with Gasteiger partial charge in [0, 0.05) is 23.6 Å².